The Morgan fingerprint density at radius 3 is 2.67 bits per heavy atom. The molecule has 0 saturated carbocycles. The Bertz CT molecular complexity index is 850. The highest BCUT2D eigenvalue weighted by Crippen LogP contribution is 2.22. The van der Waals surface area contributed by atoms with E-state index in [-0.39, 0.29) is 0 Å². The molecule has 6 heteroatoms. The van der Waals surface area contributed by atoms with Gasteiger partial charge in [0.15, 0.2) is 5.82 Å². The van der Waals surface area contributed by atoms with Gasteiger partial charge in [-0.25, -0.2) is 0 Å². The maximum atomic E-state index is 5.98. The SMILES string of the molecule is Cc1ccccc1CNc1nncc(Nc2ccc(Cl)cc2C)n1. The number of rotatable bonds is 5. The Labute approximate surface area is 146 Å². The highest BCUT2D eigenvalue weighted by molar-refractivity contribution is 6.30. The molecule has 0 aliphatic heterocycles. The molecule has 0 bridgehead atoms. The average Bonchev–Trinajstić information content (AvgIpc) is 2.57. The number of anilines is 3. The first-order valence-corrected chi connectivity index (χ1v) is 8.01. The second-order valence-electron chi connectivity index (χ2n) is 5.53. The van der Waals surface area contributed by atoms with E-state index in [1.54, 1.807) is 6.20 Å². The average molecular weight is 340 g/mol. The predicted octanol–water partition coefficient (Wildman–Crippen LogP) is 4.50. The zero-order chi connectivity index (χ0) is 16.9. The number of nitrogens with zero attached hydrogens (tertiary/aromatic N) is 3. The fourth-order valence-electron chi connectivity index (χ4n) is 2.33. The first-order chi connectivity index (χ1) is 11.6. The van der Waals surface area contributed by atoms with Crippen molar-refractivity contribution in [1.29, 1.82) is 0 Å². The van der Waals surface area contributed by atoms with Crippen LogP contribution in [-0.4, -0.2) is 15.2 Å². The molecule has 0 saturated heterocycles. The van der Waals surface area contributed by atoms with Crippen LogP contribution in [0.3, 0.4) is 0 Å². The molecule has 0 unspecified atom stereocenters. The molecular weight excluding hydrogens is 322 g/mol. The number of nitrogens with one attached hydrogen (secondary N) is 2. The molecule has 0 aliphatic rings. The molecule has 0 amide bonds. The summed E-state index contributed by atoms with van der Waals surface area (Å²) < 4.78 is 0. The van der Waals surface area contributed by atoms with Crippen molar-refractivity contribution >= 4 is 29.1 Å². The Kier molecular flexibility index (Phi) is 4.91. The second-order valence-corrected chi connectivity index (χ2v) is 5.97. The van der Waals surface area contributed by atoms with E-state index in [1.165, 1.54) is 11.1 Å². The van der Waals surface area contributed by atoms with Gasteiger partial charge >= 0.3 is 0 Å². The van der Waals surface area contributed by atoms with E-state index in [0.717, 1.165) is 11.3 Å². The molecule has 2 aromatic carbocycles. The highest BCUT2D eigenvalue weighted by atomic mass is 35.5. The Morgan fingerprint density at radius 1 is 1.04 bits per heavy atom. The van der Waals surface area contributed by atoms with Gasteiger partial charge in [0, 0.05) is 17.3 Å². The molecule has 0 spiro atoms. The van der Waals surface area contributed by atoms with Crippen LogP contribution in [0.5, 0.6) is 0 Å². The van der Waals surface area contributed by atoms with E-state index in [1.807, 2.05) is 37.3 Å². The van der Waals surface area contributed by atoms with Crippen molar-refractivity contribution in [3.8, 4) is 0 Å². The normalized spacial score (nSPS) is 10.5. The van der Waals surface area contributed by atoms with Crippen LogP contribution in [0.1, 0.15) is 16.7 Å². The van der Waals surface area contributed by atoms with Gasteiger partial charge in [-0.1, -0.05) is 35.9 Å². The van der Waals surface area contributed by atoms with Gasteiger partial charge < -0.3 is 10.6 Å². The zero-order valence-corrected chi connectivity index (χ0v) is 14.3. The van der Waals surface area contributed by atoms with Crippen LogP contribution in [0, 0.1) is 13.8 Å². The van der Waals surface area contributed by atoms with E-state index in [0.29, 0.717) is 23.3 Å². The van der Waals surface area contributed by atoms with Crippen LogP contribution in [0.15, 0.2) is 48.7 Å². The van der Waals surface area contributed by atoms with Crippen LogP contribution in [0.2, 0.25) is 5.02 Å². The Morgan fingerprint density at radius 2 is 1.88 bits per heavy atom. The number of aryl methyl sites for hydroxylation is 2. The van der Waals surface area contributed by atoms with Crippen molar-refractivity contribution in [3.63, 3.8) is 0 Å². The first kappa shape index (κ1) is 16.2. The summed E-state index contributed by atoms with van der Waals surface area (Å²) in [5.74, 6) is 1.11. The Balaban J connectivity index is 1.71. The summed E-state index contributed by atoms with van der Waals surface area (Å²) in [5, 5.41) is 15.2. The monoisotopic (exact) mass is 339 g/mol. The lowest BCUT2D eigenvalue weighted by Gasteiger charge is -2.10. The maximum Gasteiger partial charge on any atom is 0.244 e. The van der Waals surface area contributed by atoms with Crippen molar-refractivity contribution < 1.29 is 0 Å². The summed E-state index contributed by atoms with van der Waals surface area (Å²) in [6.45, 7) is 4.72. The molecule has 0 fully saturated rings. The van der Waals surface area contributed by atoms with Crippen molar-refractivity contribution in [2.45, 2.75) is 20.4 Å². The van der Waals surface area contributed by atoms with Crippen molar-refractivity contribution in [3.05, 3.63) is 70.4 Å². The van der Waals surface area contributed by atoms with Gasteiger partial charge in [-0.15, -0.1) is 5.10 Å². The van der Waals surface area contributed by atoms with Crippen LogP contribution >= 0.6 is 11.6 Å². The third kappa shape index (κ3) is 4.00. The third-order valence-electron chi connectivity index (χ3n) is 3.71. The lowest BCUT2D eigenvalue weighted by molar-refractivity contribution is 0.946. The van der Waals surface area contributed by atoms with Gasteiger partial charge in [0.05, 0.1) is 6.20 Å². The molecule has 1 heterocycles. The highest BCUT2D eigenvalue weighted by Gasteiger charge is 2.04. The van der Waals surface area contributed by atoms with Crippen molar-refractivity contribution in [1.82, 2.24) is 15.2 Å². The molecule has 5 nitrogen and oxygen atoms in total. The van der Waals surface area contributed by atoms with Gasteiger partial charge in [0.2, 0.25) is 5.95 Å². The quantitative estimate of drug-likeness (QED) is 0.716. The maximum absolute atomic E-state index is 5.98. The van der Waals surface area contributed by atoms with E-state index in [9.17, 15) is 0 Å². The molecule has 0 radical (unpaired) electrons. The fraction of sp³-hybridized carbons (Fsp3) is 0.167. The summed E-state index contributed by atoms with van der Waals surface area (Å²) in [4.78, 5) is 4.45. The van der Waals surface area contributed by atoms with Crippen molar-refractivity contribution in [2.75, 3.05) is 10.6 Å². The largest absolute Gasteiger partial charge is 0.349 e. The predicted molar refractivity (Wildman–Crippen MR) is 97.8 cm³/mol. The zero-order valence-electron chi connectivity index (χ0n) is 13.5. The van der Waals surface area contributed by atoms with E-state index in [4.69, 9.17) is 11.6 Å². The standard InChI is InChI=1S/C18H18ClN5/c1-12-5-3-4-6-14(12)10-20-18-23-17(11-21-24-18)22-16-8-7-15(19)9-13(16)2/h3-9,11H,10H2,1-2H3,(H2,20,22,23,24). The van der Waals surface area contributed by atoms with Gasteiger partial charge in [0.1, 0.15) is 0 Å². The van der Waals surface area contributed by atoms with E-state index >= 15 is 0 Å². The lowest BCUT2D eigenvalue weighted by Crippen LogP contribution is -2.07. The second kappa shape index (κ2) is 7.27. The molecular formula is C18H18ClN5. The molecule has 1 aromatic heterocycles. The van der Waals surface area contributed by atoms with Crippen LogP contribution in [0.4, 0.5) is 17.5 Å². The van der Waals surface area contributed by atoms with Crippen molar-refractivity contribution in [2.24, 2.45) is 0 Å². The summed E-state index contributed by atoms with van der Waals surface area (Å²) >= 11 is 5.98. The van der Waals surface area contributed by atoms with Gasteiger partial charge in [-0.3, -0.25) is 0 Å². The molecule has 122 valence electrons. The summed E-state index contributed by atoms with van der Waals surface area (Å²) in [5.41, 5.74) is 4.40. The minimum atomic E-state index is 0.481. The van der Waals surface area contributed by atoms with Gasteiger partial charge in [-0.05, 0) is 48.7 Å². The van der Waals surface area contributed by atoms with E-state index < -0.39 is 0 Å². The van der Waals surface area contributed by atoms with E-state index in [2.05, 4.69) is 44.9 Å². The van der Waals surface area contributed by atoms with Gasteiger partial charge in [-0.2, -0.15) is 10.1 Å². The molecule has 3 rings (SSSR count). The summed E-state index contributed by atoms with van der Waals surface area (Å²) in [6, 6.07) is 13.9. The topological polar surface area (TPSA) is 62.7 Å². The lowest BCUT2D eigenvalue weighted by atomic mass is 10.1. The molecule has 0 atom stereocenters. The summed E-state index contributed by atoms with van der Waals surface area (Å²) in [6.07, 6.45) is 1.59. The molecule has 24 heavy (non-hydrogen) atoms. The van der Waals surface area contributed by atoms with Crippen LogP contribution in [0.25, 0.3) is 0 Å². The summed E-state index contributed by atoms with van der Waals surface area (Å²) in [7, 11) is 0. The smallest absolute Gasteiger partial charge is 0.244 e. The number of aromatic nitrogens is 3. The minimum Gasteiger partial charge on any atom is -0.349 e. The third-order valence-corrected chi connectivity index (χ3v) is 3.94. The fourth-order valence-corrected chi connectivity index (χ4v) is 2.55. The first-order valence-electron chi connectivity index (χ1n) is 7.63. The Hall–Kier alpha value is -2.66. The number of hydrogen-bond acceptors (Lipinski definition) is 5. The molecule has 0 aliphatic carbocycles. The number of halogens is 1. The van der Waals surface area contributed by atoms with Crippen LogP contribution < -0.4 is 10.6 Å². The van der Waals surface area contributed by atoms with Gasteiger partial charge in [0.25, 0.3) is 0 Å². The van der Waals surface area contributed by atoms with Crippen LogP contribution in [-0.2, 0) is 6.54 Å². The molecule has 2 N–H and O–H groups in total. The minimum absolute atomic E-state index is 0.481. The molecule has 3 aromatic rings. The number of hydrogen-bond donors (Lipinski definition) is 2. The number of benzene rings is 2.